The third kappa shape index (κ3) is 4.22. The Morgan fingerprint density at radius 2 is 1.53 bits per heavy atom. The molecule has 0 aromatic rings. The van der Waals surface area contributed by atoms with Crippen LogP contribution in [0.1, 0.15) is 19.3 Å². The zero-order valence-electron chi connectivity index (χ0n) is 10.2. The molecule has 110 valence electrons. The fourth-order valence-electron chi connectivity index (χ4n) is 1.92. The summed E-state index contributed by atoms with van der Waals surface area (Å²) in [5.74, 6) is -1.55. The molecule has 0 aliphatic carbocycles. The van der Waals surface area contributed by atoms with Gasteiger partial charge in [-0.2, -0.15) is 0 Å². The molecule has 0 aromatic heterocycles. The number of carbonyl (C=O) groups is 2. The number of aliphatic hydroxyl groups is 4. The van der Waals surface area contributed by atoms with Gasteiger partial charge >= 0.3 is 5.97 Å². The molecule has 8 heteroatoms. The van der Waals surface area contributed by atoms with Crippen molar-refractivity contribution in [3.05, 3.63) is 0 Å². The molecule has 19 heavy (non-hydrogen) atoms. The first-order valence-corrected chi connectivity index (χ1v) is 5.90. The summed E-state index contributed by atoms with van der Waals surface area (Å²) < 4.78 is 5.13. The Morgan fingerprint density at radius 1 is 0.947 bits per heavy atom. The molecule has 1 fully saturated rings. The van der Waals surface area contributed by atoms with Crippen molar-refractivity contribution < 1.29 is 39.9 Å². The number of aliphatic carboxylic acids is 1. The van der Waals surface area contributed by atoms with Crippen LogP contribution in [0.3, 0.4) is 0 Å². The minimum absolute atomic E-state index is 0.204. The van der Waals surface area contributed by atoms with Crippen LogP contribution >= 0.6 is 0 Å². The molecule has 0 spiro atoms. The van der Waals surface area contributed by atoms with Gasteiger partial charge in [-0.05, 0) is 0 Å². The Labute approximate surface area is 109 Å². The maximum absolute atomic E-state index is 11.5. The summed E-state index contributed by atoms with van der Waals surface area (Å²) in [7, 11) is 0. The first kappa shape index (κ1) is 16.0. The maximum Gasteiger partial charge on any atom is 0.303 e. The second-order valence-electron chi connectivity index (χ2n) is 4.50. The number of rotatable bonds is 6. The van der Waals surface area contributed by atoms with Gasteiger partial charge in [0.2, 0.25) is 0 Å². The van der Waals surface area contributed by atoms with E-state index in [0.29, 0.717) is 0 Å². The summed E-state index contributed by atoms with van der Waals surface area (Å²) in [4.78, 5) is 21.8. The van der Waals surface area contributed by atoms with Gasteiger partial charge in [-0.1, -0.05) is 0 Å². The number of ketones is 1. The van der Waals surface area contributed by atoms with E-state index in [0.717, 1.165) is 0 Å². The molecule has 0 unspecified atom stereocenters. The van der Waals surface area contributed by atoms with E-state index in [4.69, 9.17) is 14.9 Å². The van der Waals surface area contributed by atoms with E-state index < -0.39 is 48.9 Å². The van der Waals surface area contributed by atoms with E-state index in [2.05, 4.69) is 0 Å². The van der Waals surface area contributed by atoms with Crippen LogP contribution in [0, 0.1) is 0 Å². The molecule has 0 aromatic carbocycles. The molecule has 5 atom stereocenters. The first-order valence-electron chi connectivity index (χ1n) is 5.90. The Morgan fingerprint density at radius 3 is 2.05 bits per heavy atom. The molecular formula is C11H18O8. The van der Waals surface area contributed by atoms with E-state index in [9.17, 15) is 24.9 Å². The minimum atomic E-state index is -1.52. The number of hydrogen-bond acceptors (Lipinski definition) is 7. The van der Waals surface area contributed by atoms with Crippen LogP contribution in [0.4, 0.5) is 0 Å². The van der Waals surface area contributed by atoms with Crippen LogP contribution in [0.5, 0.6) is 0 Å². The zero-order valence-corrected chi connectivity index (χ0v) is 10.2. The molecule has 0 saturated carbocycles. The summed E-state index contributed by atoms with van der Waals surface area (Å²) >= 11 is 0. The first-order chi connectivity index (χ1) is 8.86. The van der Waals surface area contributed by atoms with Gasteiger partial charge in [-0.15, -0.1) is 0 Å². The van der Waals surface area contributed by atoms with Crippen molar-refractivity contribution in [1.82, 2.24) is 0 Å². The molecular weight excluding hydrogens is 260 g/mol. The minimum Gasteiger partial charge on any atom is -0.481 e. The molecule has 8 nitrogen and oxygen atoms in total. The van der Waals surface area contributed by atoms with E-state index in [-0.39, 0.29) is 19.3 Å². The maximum atomic E-state index is 11.5. The summed E-state index contributed by atoms with van der Waals surface area (Å²) in [5, 5.41) is 46.1. The zero-order chi connectivity index (χ0) is 14.6. The SMILES string of the molecule is O=C(O)CCC(=O)C[C@@H]1O[C@H](CO)[C@@H](O)[C@H](O)[C@H]1O. The lowest BCUT2D eigenvalue weighted by Crippen LogP contribution is -2.58. The topological polar surface area (TPSA) is 145 Å². The lowest BCUT2D eigenvalue weighted by Gasteiger charge is -2.39. The number of carboxylic acid groups (broad SMARTS) is 1. The quantitative estimate of drug-likeness (QED) is 0.363. The van der Waals surface area contributed by atoms with Crippen LogP contribution < -0.4 is 0 Å². The van der Waals surface area contributed by atoms with Crippen molar-refractivity contribution in [3.63, 3.8) is 0 Å². The van der Waals surface area contributed by atoms with Crippen molar-refractivity contribution >= 4 is 11.8 Å². The second-order valence-corrected chi connectivity index (χ2v) is 4.50. The van der Waals surface area contributed by atoms with E-state index >= 15 is 0 Å². The molecule has 1 saturated heterocycles. The molecule has 5 N–H and O–H groups in total. The van der Waals surface area contributed by atoms with Gasteiger partial charge in [0.1, 0.15) is 30.2 Å². The summed E-state index contributed by atoms with van der Waals surface area (Å²) in [5.41, 5.74) is 0. The number of carboxylic acids is 1. The fourth-order valence-corrected chi connectivity index (χ4v) is 1.92. The van der Waals surface area contributed by atoms with Crippen molar-refractivity contribution in [2.24, 2.45) is 0 Å². The van der Waals surface area contributed by atoms with Crippen LogP contribution in [0.15, 0.2) is 0 Å². The van der Waals surface area contributed by atoms with Gasteiger partial charge in [0, 0.05) is 12.8 Å². The molecule has 1 aliphatic rings. The number of carbonyl (C=O) groups excluding carboxylic acids is 1. The standard InChI is InChI=1S/C11H18O8/c12-4-7-10(17)11(18)9(16)6(19-7)3-5(13)1-2-8(14)15/h6-7,9-12,16-18H,1-4H2,(H,14,15)/t6-,7+,9-,10+,11+/m0/s1. The highest BCUT2D eigenvalue weighted by Gasteiger charge is 2.43. The van der Waals surface area contributed by atoms with Crippen LogP contribution in [-0.2, 0) is 14.3 Å². The molecule has 1 heterocycles. The predicted octanol–water partition coefficient (Wildman–Crippen LogP) is -2.35. The summed E-state index contributed by atoms with van der Waals surface area (Å²) in [6.07, 6.45) is -7.40. The average Bonchev–Trinajstić information content (AvgIpc) is 2.37. The highest BCUT2D eigenvalue weighted by molar-refractivity contribution is 5.82. The number of hydrogen-bond donors (Lipinski definition) is 5. The van der Waals surface area contributed by atoms with Crippen LogP contribution in [0.25, 0.3) is 0 Å². The van der Waals surface area contributed by atoms with Crippen LogP contribution in [0.2, 0.25) is 0 Å². The largest absolute Gasteiger partial charge is 0.481 e. The Kier molecular flexibility index (Phi) is 5.83. The van der Waals surface area contributed by atoms with Gasteiger partial charge in [0.15, 0.2) is 0 Å². The second kappa shape index (κ2) is 6.92. The number of aliphatic hydroxyl groups excluding tert-OH is 4. The summed E-state index contributed by atoms with van der Waals surface area (Å²) in [6, 6.07) is 0. The normalized spacial score (nSPS) is 35.1. The van der Waals surface area contributed by atoms with Gasteiger partial charge < -0.3 is 30.3 Å². The van der Waals surface area contributed by atoms with E-state index in [1.807, 2.05) is 0 Å². The van der Waals surface area contributed by atoms with Gasteiger partial charge in [0.25, 0.3) is 0 Å². The fraction of sp³-hybridized carbons (Fsp3) is 0.818. The lowest BCUT2D eigenvalue weighted by molar-refractivity contribution is -0.229. The van der Waals surface area contributed by atoms with E-state index in [1.54, 1.807) is 0 Å². The number of ether oxygens (including phenoxy) is 1. The Balaban J connectivity index is 2.56. The Bertz CT molecular complexity index is 329. The van der Waals surface area contributed by atoms with Gasteiger partial charge in [-0.3, -0.25) is 9.59 Å². The highest BCUT2D eigenvalue weighted by Crippen LogP contribution is 2.23. The van der Waals surface area contributed by atoms with Gasteiger partial charge in [0.05, 0.1) is 19.1 Å². The van der Waals surface area contributed by atoms with Crippen molar-refractivity contribution in [3.8, 4) is 0 Å². The van der Waals surface area contributed by atoms with Gasteiger partial charge in [-0.25, -0.2) is 0 Å². The van der Waals surface area contributed by atoms with Crippen molar-refractivity contribution in [2.45, 2.75) is 49.8 Å². The average molecular weight is 278 g/mol. The van der Waals surface area contributed by atoms with Crippen LogP contribution in [-0.4, -0.2) is 74.4 Å². The molecule has 0 bridgehead atoms. The number of Topliss-reactive ketones (excluding diaryl/α,β-unsaturated/α-hetero) is 1. The highest BCUT2D eigenvalue weighted by atomic mass is 16.5. The monoisotopic (exact) mass is 278 g/mol. The lowest BCUT2D eigenvalue weighted by atomic mass is 9.92. The smallest absolute Gasteiger partial charge is 0.303 e. The molecule has 1 aliphatic heterocycles. The third-order valence-corrected chi connectivity index (χ3v) is 3.04. The summed E-state index contributed by atoms with van der Waals surface area (Å²) in [6.45, 7) is -0.565. The Hall–Kier alpha value is -1.06. The molecule has 0 amide bonds. The molecule has 1 rings (SSSR count). The van der Waals surface area contributed by atoms with E-state index in [1.165, 1.54) is 0 Å². The third-order valence-electron chi connectivity index (χ3n) is 3.04. The van der Waals surface area contributed by atoms with Crippen molar-refractivity contribution in [1.29, 1.82) is 0 Å². The van der Waals surface area contributed by atoms with Crippen molar-refractivity contribution in [2.75, 3.05) is 6.61 Å². The molecule has 0 radical (unpaired) electrons. The predicted molar refractivity (Wildman–Crippen MR) is 60.3 cm³/mol.